The van der Waals surface area contributed by atoms with E-state index in [4.69, 9.17) is 0 Å². The van der Waals surface area contributed by atoms with E-state index in [0.717, 1.165) is 4.70 Å². The molecule has 114 valence electrons. The zero-order valence-corrected chi connectivity index (χ0v) is 13.1. The molecule has 2 heterocycles. The van der Waals surface area contributed by atoms with Gasteiger partial charge in [-0.3, -0.25) is 0 Å². The molecule has 0 aliphatic carbocycles. The van der Waals surface area contributed by atoms with Crippen LogP contribution in [0.2, 0.25) is 0 Å². The lowest BCUT2D eigenvalue weighted by atomic mass is 10.2. The molecule has 23 heavy (non-hydrogen) atoms. The number of hydrogen-bond donors (Lipinski definition) is 1. The molecule has 0 atom stereocenters. The second kappa shape index (κ2) is 5.64. The highest BCUT2D eigenvalue weighted by atomic mass is 32.1. The van der Waals surface area contributed by atoms with Gasteiger partial charge in [-0.2, -0.15) is 0 Å². The lowest BCUT2D eigenvalue weighted by Crippen LogP contribution is -1.88. The minimum atomic E-state index is -0.365. The number of fused-ring (bicyclic) bond motifs is 1. The Bertz CT molecular complexity index is 996. The van der Waals surface area contributed by atoms with Crippen molar-refractivity contribution in [2.45, 2.75) is 0 Å². The molecule has 0 saturated carbocycles. The van der Waals surface area contributed by atoms with Gasteiger partial charge in [-0.15, -0.1) is 10.2 Å². The van der Waals surface area contributed by atoms with Crippen LogP contribution < -0.4 is 5.32 Å². The summed E-state index contributed by atoms with van der Waals surface area (Å²) in [5.74, 6) is -0.714. The first-order valence-corrected chi connectivity index (χ1v) is 8.24. The second-order valence-corrected chi connectivity index (χ2v) is 6.63. The van der Waals surface area contributed by atoms with Gasteiger partial charge in [0.05, 0.1) is 4.70 Å². The van der Waals surface area contributed by atoms with Crippen molar-refractivity contribution in [2.24, 2.45) is 0 Å². The van der Waals surface area contributed by atoms with Crippen molar-refractivity contribution in [1.82, 2.24) is 15.2 Å². The fraction of sp³-hybridized carbons (Fsp3) is 0. The summed E-state index contributed by atoms with van der Waals surface area (Å²) in [6.45, 7) is 0. The molecule has 4 rings (SSSR count). The summed E-state index contributed by atoms with van der Waals surface area (Å²) in [4.78, 5) is 4.20. The molecule has 0 aliphatic heterocycles. The van der Waals surface area contributed by atoms with Crippen molar-refractivity contribution in [3.63, 3.8) is 0 Å². The first kappa shape index (κ1) is 14.2. The van der Waals surface area contributed by atoms with Gasteiger partial charge in [0.15, 0.2) is 10.1 Å². The first-order chi connectivity index (χ1) is 11.2. The van der Waals surface area contributed by atoms with E-state index in [0.29, 0.717) is 26.4 Å². The maximum atomic E-state index is 13.8. The molecule has 4 nitrogen and oxygen atoms in total. The zero-order valence-electron chi connectivity index (χ0n) is 11.5. The summed E-state index contributed by atoms with van der Waals surface area (Å²) in [7, 11) is 0. The molecular weight excluding hydrogens is 338 g/mol. The molecule has 0 amide bonds. The van der Waals surface area contributed by atoms with Crippen molar-refractivity contribution in [2.75, 3.05) is 5.32 Å². The predicted octanol–water partition coefficient (Wildman–Crippen LogP) is 4.84. The molecule has 0 saturated heterocycles. The van der Waals surface area contributed by atoms with Crippen LogP contribution in [0, 0.1) is 11.6 Å². The normalized spacial score (nSPS) is 11.0. The maximum absolute atomic E-state index is 13.8. The summed E-state index contributed by atoms with van der Waals surface area (Å²) in [5.41, 5.74) is 0.715. The SMILES string of the molecule is Fc1ccccc1-c1nnc(Nc2nc3c(F)cccc3s2)s1. The van der Waals surface area contributed by atoms with Gasteiger partial charge in [0, 0.05) is 5.56 Å². The number of halogens is 2. The van der Waals surface area contributed by atoms with Crippen LogP contribution in [0.5, 0.6) is 0 Å². The van der Waals surface area contributed by atoms with Crippen molar-refractivity contribution < 1.29 is 8.78 Å². The highest BCUT2D eigenvalue weighted by Gasteiger charge is 2.13. The van der Waals surface area contributed by atoms with Gasteiger partial charge < -0.3 is 5.32 Å². The number of aromatic nitrogens is 3. The zero-order chi connectivity index (χ0) is 15.8. The Labute approximate surface area is 137 Å². The summed E-state index contributed by atoms with van der Waals surface area (Å²) in [5, 5.41) is 12.4. The monoisotopic (exact) mass is 346 g/mol. The number of anilines is 2. The van der Waals surface area contributed by atoms with E-state index in [2.05, 4.69) is 20.5 Å². The summed E-state index contributed by atoms with van der Waals surface area (Å²) in [6.07, 6.45) is 0. The number of nitrogens with one attached hydrogen (secondary N) is 1. The highest BCUT2D eigenvalue weighted by Crippen LogP contribution is 2.33. The van der Waals surface area contributed by atoms with Crippen LogP contribution >= 0.6 is 22.7 Å². The number of rotatable bonds is 3. The third-order valence-electron chi connectivity index (χ3n) is 3.11. The average Bonchev–Trinajstić information content (AvgIpc) is 3.16. The fourth-order valence-corrected chi connectivity index (χ4v) is 3.79. The van der Waals surface area contributed by atoms with Gasteiger partial charge in [-0.1, -0.05) is 40.9 Å². The van der Waals surface area contributed by atoms with Gasteiger partial charge in [-0.25, -0.2) is 13.8 Å². The molecular formula is C15H8F2N4S2. The lowest BCUT2D eigenvalue weighted by Gasteiger charge is -1.96. The maximum Gasteiger partial charge on any atom is 0.212 e. The van der Waals surface area contributed by atoms with Gasteiger partial charge in [0.25, 0.3) is 0 Å². The molecule has 2 aromatic heterocycles. The molecule has 4 aromatic rings. The van der Waals surface area contributed by atoms with Crippen molar-refractivity contribution in [1.29, 1.82) is 0 Å². The van der Waals surface area contributed by atoms with Crippen LogP contribution in [0.15, 0.2) is 42.5 Å². The lowest BCUT2D eigenvalue weighted by molar-refractivity contribution is 0.631. The number of benzene rings is 2. The number of para-hydroxylation sites is 1. The van der Waals surface area contributed by atoms with E-state index in [9.17, 15) is 8.78 Å². The van der Waals surface area contributed by atoms with Crippen LogP contribution in [0.4, 0.5) is 19.0 Å². The van der Waals surface area contributed by atoms with Gasteiger partial charge in [-0.05, 0) is 24.3 Å². The van der Waals surface area contributed by atoms with Crippen molar-refractivity contribution >= 4 is 43.2 Å². The molecule has 0 unspecified atom stereocenters. The molecule has 0 aliphatic rings. The molecule has 2 aromatic carbocycles. The topological polar surface area (TPSA) is 50.7 Å². The van der Waals surface area contributed by atoms with Crippen LogP contribution in [0.3, 0.4) is 0 Å². The Morgan fingerprint density at radius 2 is 1.65 bits per heavy atom. The minimum Gasteiger partial charge on any atom is -0.306 e. The first-order valence-electron chi connectivity index (χ1n) is 6.61. The number of nitrogens with zero attached hydrogens (tertiary/aromatic N) is 3. The van der Waals surface area contributed by atoms with E-state index < -0.39 is 0 Å². The molecule has 0 bridgehead atoms. The van der Waals surface area contributed by atoms with Crippen LogP contribution in [0.25, 0.3) is 20.8 Å². The summed E-state index contributed by atoms with van der Waals surface area (Å²) >= 11 is 2.53. The third-order valence-corrected chi connectivity index (χ3v) is 4.92. The van der Waals surface area contributed by atoms with Gasteiger partial charge in [0.2, 0.25) is 5.13 Å². The quantitative estimate of drug-likeness (QED) is 0.577. The van der Waals surface area contributed by atoms with Crippen LogP contribution in [0.1, 0.15) is 0 Å². The van der Waals surface area contributed by atoms with Crippen molar-refractivity contribution in [3.05, 3.63) is 54.1 Å². The number of thiazole rings is 1. The summed E-state index contributed by atoms with van der Waals surface area (Å²) in [6, 6.07) is 11.2. The second-order valence-electron chi connectivity index (χ2n) is 4.62. The molecule has 0 fully saturated rings. The molecule has 0 spiro atoms. The highest BCUT2D eigenvalue weighted by molar-refractivity contribution is 7.23. The Morgan fingerprint density at radius 1 is 0.826 bits per heavy atom. The third kappa shape index (κ3) is 2.66. The Hall–Kier alpha value is -2.45. The van der Waals surface area contributed by atoms with E-state index in [-0.39, 0.29) is 11.6 Å². The Morgan fingerprint density at radius 3 is 2.48 bits per heavy atom. The molecule has 1 N–H and O–H groups in total. The Kier molecular flexibility index (Phi) is 3.47. The van der Waals surface area contributed by atoms with Gasteiger partial charge in [0.1, 0.15) is 17.2 Å². The van der Waals surface area contributed by atoms with Crippen LogP contribution in [-0.2, 0) is 0 Å². The minimum absolute atomic E-state index is 0.318. The molecule has 8 heteroatoms. The largest absolute Gasteiger partial charge is 0.306 e. The predicted molar refractivity (Wildman–Crippen MR) is 88.2 cm³/mol. The Balaban J connectivity index is 1.64. The smallest absolute Gasteiger partial charge is 0.212 e. The van der Waals surface area contributed by atoms with E-state index >= 15 is 0 Å². The van der Waals surface area contributed by atoms with E-state index in [1.54, 1.807) is 30.3 Å². The van der Waals surface area contributed by atoms with E-state index in [1.807, 2.05) is 0 Å². The van der Waals surface area contributed by atoms with Gasteiger partial charge >= 0.3 is 0 Å². The average molecular weight is 346 g/mol. The number of hydrogen-bond acceptors (Lipinski definition) is 6. The fourth-order valence-electron chi connectivity index (χ4n) is 2.08. The standard InChI is InChI=1S/C15H8F2N4S2/c16-9-5-2-1-4-8(9)13-20-21-15(23-13)19-14-18-12-10(17)6-3-7-11(12)22-14/h1-7H,(H,18,19,21). The van der Waals surface area contributed by atoms with E-state index in [1.165, 1.54) is 34.8 Å². The molecule has 0 radical (unpaired) electrons. The summed E-state index contributed by atoms with van der Waals surface area (Å²) < 4.78 is 28.2. The van der Waals surface area contributed by atoms with Crippen LogP contribution in [-0.4, -0.2) is 15.2 Å². The van der Waals surface area contributed by atoms with Crippen molar-refractivity contribution in [3.8, 4) is 10.6 Å².